The minimum atomic E-state index is -0.164. The molecule has 0 aromatic rings. The van der Waals surface area contributed by atoms with Crippen LogP contribution in [0.15, 0.2) is 0 Å². The molecule has 0 unspecified atom stereocenters. The lowest BCUT2D eigenvalue weighted by Gasteiger charge is -2.32. The Morgan fingerprint density at radius 1 is 1.06 bits per heavy atom. The summed E-state index contributed by atoms with van der Waals surface area (Å²) in [5.41, 5.74) is -0.328. The molecule has 2 heterocycles. The highest BCUT2D eigenvalue weighted by atomic mass is 16.7. The summed E-state index contributed by atoms with van der Waals surface area (Å²) >= 11 is 0. The number of nitrogens with one attached hydrogen (secondary N) is 1. The maximum Gasteiger partial charge on any atom is 0.461 e. The highest BCUT2D eigenvalue weighted by molar-refractivity contribution is 6.48. The molecule has 0 aromatic heterocycles. The molecule has 90 valence electrons. The van der Waals surface area contributed by atoms with Gasteiger partial charge in [0.15, 0.2) is 0 Å². The van der Waals surface area contributed by atoms with Crippen LogP contribution < -0.4 is 5.32 Å². The maximum atomic E-state index is 6.09. The minimum Gasteiger partial charge on any atom is -0.403 e. The molecule has 3 rings (SSSR count). The van der Waals surface area contributed by atoms with Crippen LogP contribution in [-0.4, -0.2) is 31.4 Å². The molecule has 4 heteroatoms. The quantitative estimate of drug-likeness (QED) is 0.722. The zero-order chi connectivity index (χ0) is 11.6. The van der Waals surface area contributed by atoms with Crippen molar-refractivity contribution in [2.24, 2.45) is 11.8 Å². The van der Waals surface area contributed by atoms with E-state index in [4.69, 9.17) is 9.31 Å². The highest BCUT2D eigenvalue weighted by Crippen LogP contribution is 2.56. The highest BCUT2D eigenvalue weighted by Gasteiger charge is 2.61. The van der Waals surface area contributed by atoms with E-state index in [1.54, 1.807) is 0 Å². The molecule has 0 spiro atoms. The summed E-state index contributed by atoms with van der Waals surface area (Å²) in [6.45, 7) is 10.9. The van der Waals surface area contributed by atoms with Crippen molar-refractivity contribution >= 4 is 7.12 Å². The average Bonchev–Trinajstić information content (AvgIpc) is 2.73. The van der Waals surface area contributed by atoms with Gasteiger partial charge in [0.05, 0.1) is 11.2 Å². The Bertz CT molecular complexity index is 285. The maximum absolute atomic E-state index is 6.09. The molecule has 3 nitrogen and oxygen atoms in total. The molecule has 0 aromatic carbocycles. The summed E-state index contributed by atoms with van der Waals surface area (Å²) in [6, 6.07) is 0. The fraction of sp³-hybridized carbons (Fsp3) is 1.00. The van der Waals surface area contributed by atoms with E-state index in [1.807, 2.05) is 0 Å². The third-order valence-electron chi connectivity index (χ3n) is 4.93. The molecular weight excluding hydrogens is 201 g/mol. The van der Waals surface area contributed by atoms with Gasteiger partial charge in [0.1, 0.15) is 0 Å². The Balaban J connectivity index is 1.62. The first-order chi connectivity index (χ1) is 7.41. The van der Waals surface area contributed by atoms with Crippen molar-refractivity contribution in [1.29, 1.82) is 0 Å². The van der Waals surface area contributed by atoms with Crippen molar-refractivity contribution in [3.63, 3.8) is 0 Å². The van der Waals surface area contributed by atoms with Crippen molar-refractivity contribution in [2.75, 3.05) is 13.1 Å². The third kappa shape index (κ3) is 1.54. The van der Waals surface area contributed by atoms with Crippen molar-refractivity contribution < 1.29 is 9.31 Å². The summed E-state index contributed by atoms with van der Waals surface area (Å²) < 4.78 is 12.2. The van der Waals surface area contributed by atoms with Gasteiger partial charge in [-0.05, 0) is 64.9 Å². The van der Waals surface area contributed by atoms with Crippen LogP contribution in [0.5, 0.6) is 0 Å². The Kier molecular flexibility index (Phi) is 2.24. The molecular formula is C12H22BNO2. The lowest BCUT2D eigenvalue weighted by atomic mass is 9.78. The number of rotatable bonds is 2. The minimum absolute atomic E-state index is 0.0376. The predicted octanol–water partition coefficient (Wildman–Crippen LogP) is 1.69. The van der Waals surface area contributed by atoms with E-state index in [-0.39, 0.29) is 18.3 Å². The van der Waals surface area contributed by atoms with Crippen molar-refractivity contribution in [1.82, 2.24) is 5.32 Å². The van der Waals surface area contributed by atoms with Crippen LogP contribution in [0.3, 0.4) is 0 Å². The lowest BCUT2D eigenvalue weighted by Crippen LogP contribution is -2.43. The molecule has 0 radical (unpaired) electrons. The smallest absolute Gasteiger partial charge is 0.403 e. The van der Waals surface area contributed by atoms with Gasteiger partial charge in [-0.25, -0.2) is 0 Å². The normalized spacial score (nSPS) is 40.9. The zero-order valence-corrected chi connectivity index (χ0v) is 10.7. The molecule has 1 N–H and O–H groups in total. The van der Waals surface area contributed by atoms with Crippen molar-refractivity contribution in [3.8, 4) is 0 Å². The van der Waals surface area contributed by atoms with Crippen LogP contribution in [0.1, 0.15) is 34.1 Å². The molecule has 2 aliphatic heterocycles. The fourth-order valence-electron chi connectivity index (χ4n) is 2.77. The Labute approximate surface area is 98.4 Å². The molecule has 2 saturated heterocycles. The van der Waals surface area contributed by atoms with Gasteiger partial charge in [-0.15, -0.1) is 0 Å². The number of hydrogen-bond donors (Lipinski definition) is 1. The SMILES string of the molecule is CC1(C)OB([C@@H]2C[C@H]2C2CNC2)OC1(C)C. The summed E-state index contributed by atoms with van der Waals surface area (Å²) in [4.78, 5) is 0. The van der Waals surface area contributed by atoms with Gasteiger partial charge < -0.3 is 14.6 Å². The fourth-order valence-corrected chi connectivity index (χ4v) is 2.77. The van der Waals surface area contributed by atoms with Gasteiger partial charge in [-0.2, -0.15) is 0 Å². The second-order valence-electron chi connectivity index (χ2n) is 6.61. The van der Waals surface area contributed by atoms with E-state index in [2.05, 4.69) is 33.0 Å². The molecule has 1 saturated carbocycles. The zero-order valence-electron chi connectivity index (χ0n) is 10.7. The molecule has 0 amide bonds. The van der Waals surface area contributed by atoms with E-state index >= 15 is 0 Å². The molecule has 3 fully saturated rings. The van der Waals surface area contributed by atoms with Gasteiger partial charge in [-0.3, -0.25) is 0 Å². The Morgan fingerprint density at radius 3 is 2.06 bits per heavy atom. The van der Waals surface area contributed by atoms with E-state index in [1.165, 1.54) is 19.5 Å². The van der Waals surface area contributed by atoms with Gasteiger partial charge in [0, 0.05) is 0 Å². The summed E-state index contributed by atoms with van der Waals surface area (Å²) in [7, 11) is 0.0376. The molecule has 0 bridgehead atoms. The third-order valence-corrected chi connectivity index (χ3v) is 4.93. The molecule has 2 atom stereocenters. The van der Waals surface area contributed by atoms with Gasteiger partial charge in [0.2, 0.25) is 0 Å². The molecule has 16 heavy (non-hydrogen) atoms. The summed E-state index contributed by atoms with van der Waals surface area (Å²) in [6.07, 6.45) is 1.29. The Hall–Kier alpha value is -0.0551. The second kappa shape index (κ2) is 3.24. The first-order valence-electron chi connectivity index (χ1n) is 6.47. The van der Waals surface area contributed by atoms with Crippen LogP contribution in [0.4, 0.5) is 0 Å². The van der Waals surface area contributed by atoms with Gasteiger partial charge in [-0.1, -0.05) is 0 Å². The van der Waals surface area contributed by atoms with Crippen LogP contribution >= 0.6 is 0 Å². The first-order valence-corrected chi connectivity index (χ1v) is 6.47. The van der Waals surface area contributed by atoms with Crippen LogP contribution in [-0.2, 0) is 9.31 Å². The van der Waals surface area contributed by atoms with Crippen LogP contribution in [0, 0.1) is 11.8 Å². The Morgan fingerprint density at radius 2 is 1.62 bits per heavy atom. The van der Waals surface area contributed by atoms with Crippen LogP contribution in [0.2, 0.25) is 5.82 Å². The second-order valence-corrected chi connectivity index (χ2v) is 6.61. The summed E-state index contributed by atoms with van der Waals surface area (Å²) in [5, 5.41) is 3.34. The van der Waals surface area contributed by atoms with Gasteiger partial charge in [0.25, 0.3) is 0 Å². The first kappa shape index (κ1) is 11.1. The van der Waals surface area contributed by atoms with Crippen molar-refractivity contribution in [2.45, 2.75) is 51.1 Å². The van der Waals surface area contributed by atoms with Gasteiger partial charge >= 0.3 is 7.12 Å². The van der Waals surface area contributed by atoms with E-state index < -0.39 is 0 Å². The largest absolute Gasteiger partial charge is 0.461 e. The van der Waals surface area contributed by atoms with E-state index in [0.717, 1.165) is 11.8 Å². The van der Waals surface area contributed by atoms with E-state index in [9.17, 15) is 0 Å². The van der Waals surface area contributed by atoms with Crippen LogP contribution in [0.25, 0.3) is 0 Å². The topological polar surface area (TPSA) is 30.5 Å². The predicted molar refractivity (Wildman–Crippen MR) is 64.3 cm³/mol. The average molecular weight is 223 g/mol. The van der Waals surface area contributed by atoms with Crippen molar-refractivity contribution in [3.05, 3.63) is 0 Å². The standard InChI is InChI=1S/C12H22BNO2/c1-11(2)12(3,4)16-13(15-11)10-5-9(10)8-6-14-7-8/h8-10,14H,5-7H2,1-4H3/t9-,10+/m0/s1. The molecule has 1 aliphatic carbocycles. The van der Waals surface area contributed by atoms with E-state index in [0.29, 0.717) is 5.82 Å². The lowest BCUT2D eigenvalue weighted by molar-refractivity contribution is 0.00578. The number of hydrogen-bond acceptors (Lipinski definition) is 3. The summed E-state index contributed by atoms with van der Waals surface area (Å²) in [5.74, 6) is 2.37. The molecule has 3 aliphatic rings. The monoisotopic (exact) mass is 223 g/mol.